The molecule has 0 aliphatic carbocycles. The maximum Gasteiger partial charge on any atom is 0.271 e. The molecule has 0 saturated carbocycles. The van der Waals surface area contributed by atoms with Crippen molar-refractivity contribution in [3.63, 3.8) is 0 Å². The number of benzene rings is 2. The lowest BCUT2D eigenvalue weighted by Crippen LogP contribution is -2.14. The van der Waals surface area contributed by atoms with Crippen molar-refractivity contribution in [2.24, 2.45) is 0 Å². The molecule has 0 saturated heterocycles. The van der Waals surface area contributed by atoms with Gasteiger partial charge in [-0.05, 0) is 6.07 Å². The number of non-ortho nitro benzene ring substituents is 2. The lowest BCUT2D eigenvalue weighted by Gasteiger charge is -2.07. The third kappa shape index (κ3) is 4.01. The fraction of sp³-hybridized carbons (Fsp3) is 0.0714. The number of nitro benzene ring substituents is 2. The van der Waals surface area contributed by atoms with Crippen LogP contribution in [0, 0.1) is 20.2 Å². The molecule has 0 spiro atoms. The van der Waals surface area contributed by atoms with Gasteiger partial charge in [-0.3, -0.25) is 25.0 Å². The first kappa shape index (κ1) is 16.4. The second kappa shape index (κ2) is 6.84. The Hall–Kier alpha value is -3.00. The zero-order chi connectivity index (χ0) is 17.0. The zero-order valence-electron chi connectivity index (χ0n) is 11.6. The summed E-state index contributed by atoms with van der Waals surface area (Å²) in [5.41, 5.74) is 0.204. The number of ketones is 1. The molecule has 0 atom stereocenters. The quantitative estimate of drug-likeness (QED) is 0.491. The lowest BCUT2D eigenvalue weighted by molar-refractivity contribution is -0.385. The first-order valence-corrected chi connectivity index (χ1v) is 6.72. The van der Waals surface area contributed by atoms with Gasteiger partial charge in [-0.25, -0.2) is 0 Å². The van der Waals surface area contributed by atoms with E-state index in [2.05, 4.69) is 5.32 Å². The van der Waals surface area contributed by atoms with Crippen LogP contribution in [0.5, 0.6) is 0 Å². The van der Waals surface area contributed by atoms with Crippen LogP contribution in [0.4, 0.5) is 17.1 Å². The van der Waals surface area contributed by atoms with Crippen molar-refractivity contribution in [1.29, 1.82) is 0 Å². The molecule has 2 aromatic carbocycles. The van der Waals surface area contributed by atoms with Crippen molar-refractivity contribution < 1.29 is 14.6 Å². The maximum absolute atomic E-state index is 12.0. The molecule has 118 valence electrons. The number of anilines is 1. The molecular formula is C14H10ClN3O5. The van der Waals surface area contributed by atoms with E-state index in [9.17, 15) is 25.0 Å². The predicted molar refractivity (Wildman–Crippen MR) is 84.0 cm³/mol. The molecular weight excluding hydrogens is 326 g/mol. The summed E-state index contributed by atoms with van der Waals surface area (Å²) < 4.78 is 0. The molecule has 0 aliphatic rings. The van der Waals surface area contributed by atoms with Crippen LogP contribution < -0.4 is 5.32 Å². The highest BCUT2D eigenvalue weighted by molar-refractivity contribution is 6.33. The number of Topliss-reactive ketones (excluding diaryl/α,β-unsaturated/α-hetero) is 1. The first-order valence-electron chi connectivity index (χ1n) is 6.34. The SMILES string of the molecule is O=C(CNc1ccc([N+](=O)[O-])cc1Cl)c1cccc([N+](=O)[O-])c1. The van der Waals surface area contributed by atoms with E-state index in [4.69, 9.17) is 11.6 Å². The van der Waals surface area contributed by atoms with Crippen molar-refractivity contribution in [2.75, 3.05) is 11.9 Å². The van der Waals surface area contributed by atoms with Gasteiger partial charge in [-0.1, -0.05) is 23.7 Å². The van der Waals surface area contributed by atoms with Gasteiger partial charge in [0, 0.05) is 29.8 Å². The molecule has 23 heavy (non-hydrogen) atoms. The summed E-state index contributed by atoms with van der Waals surface area (Å²) in [7, 11) is 0. The minimum atomic E-state index is -0.586. The van der Waals surface area contributed by atoms with E-state index >= 15 is 0 Å². The minimum Gasteiger partial charge on any atom is -0.376 e. The smallest absolute Gasteiger partial charge is 0.271 e. The van der Waals surface area contributed by atoms with Crippen molar-refractivity contribution in [2.45, 2.75) is 0 Å². The van der Waals surface area contributed by atoms with Crippen molar-refractivity contribution in [3.8, 4) is 0 Å². The highest BCUT2D eigenvalue weighted by Gasteiger charge is 2.13. The van der Waals surface area contributed by atoms with E-state index in [1.54, 1.807) is 0 Å². The average Bonchev–Trinajstić information content (AvgIpc) is 2.53. The Balaban J connectivity index is 2.09. The molecule has 0 radical (unpaired) electrons. The van der Waals surface area contributed by atoms with Crippen LogP contribution in [0.15, 0.2) is 42.5 Å². The minimum absolute atomic E-state index is 0.103. The standard InChI is InChI=1S/C14H10ClN3O5/c15-12-7-11(18(22)23)4-5-13(12)16-8-14(19)9-2-1-3-10(6-9)17(20)21/h1-7,16H,8H2. The molecule has 0 fully saturated rings. The predicted octanol–water partition coefficient (Wildman–Crippen LogP) is 3.45. The van der Waals surface area contributed by atoms with Gasteiger partial charge in [0.1, 0.15) is 0 Å². The third-order valence-corrected chi connectivity index (χ3v) is 3.29. The topological polar surface area (TPSA) is 115 Å². The Labute approximate surface area is 135 Å². The van der Waals surface area contributed by atoms with Gasteiger partial charge < -0.3 is 5.32 Å². The highest BCUT2D eigenvalue weighted by atomic mass is 35.5. The molecule has 0 aliphatic heterocycles. The molecule has 0 amide bonds. The molecule has 0 aromatic heterocycles. The highest BCUT2D eigenvalue weighted by Crippen LogP contribution is 2.26. The Morgan fingerprint density at radius 3 is 2.30 bits per heavy atom. The first-order chi connectivity index (χ1) is 10.9. The van der Waals surface area contributed by atoms with Crippen LogP contribution in [-0.2, 0) is 0 Å². The molecule has 9 heteroatoms. The summed E-state index contributed by atoms with van der Waals surface area (Å²) in [6.07, 6.45) is 0. The number of hydrogen-bond acceptors (Lipinski definition) is 6. The summed E-state index contributed by atoms with van der Waals surface area (Å²) in [5.74, 6) is -0.372. The van der Waals surface area contributed by atoms with E-state index < -0.39 is 9.85 Å². The number of carbonyl (C=O) groups excluding carboxylic acids is 1. The van der Waals surface area contributed by atoms with Gasteiger partial charge >= 0.3 is 0 Å². The molecule has 0 unspecified atom stereocenters. The Bertz CT molecular complexity index is 794. The van der Waals surface area contributed by atoms with Crippen LogP contribution in [-0.4, -0.2) is 22.2 Å². The Kier molecular flexibility index (Phi) is 4.87. The Morgan fingerprint density at radius 2 is 1.70 bits per heavy atom. The second-order valence-corrected chi connectivity index (χ2v) is 4.91. The van der Waals surface area contributed by atoms with E-state index in [0.29, 0.717) is 5.69 Å². The van der Waals surface area contributed by atoms with Crippen molar-refractivity contribution in [1.82, 2.24) is 0 Å². The van der Waals surface area contributed by atoms with Gasteiger partial charge in [-0.15, -0.1) is 0 Å². The largest absolute Gasteiger partial charge is 0.376 e. The van der Waals surface area contributed by atoms with Gasteiger partial charge in [0.2, 0.25) is 0 Å². The zero-order valence-corrected chi connectivity index (χ0v) is 12.3. The third-order valence-electron chi connectivity index (χ3n) is 2.98. The van der Waals surface area contributed by atoms with Gasteiger partial charge in [0.15, 0.2) is 5.78 Å². The molecule has 1 N–H and O–H groups in total. The number of halogens is 1. The van der Waals surface area contributed by atoms with Gasteiger partial charge in [0.05, 0.1) is 27.1 Å². The second-order valence-electron chi connectivity index (χ2n) is 4.51. The maximum atomic E-state index is 12.0. The molecule has 0 bridgehead atoms. The van der Waals surface area contributed by atoms with Crippen LogP contribution in [0.25, 0.3) is 0 Å². The summed E-state index contributed by atoms with van der Waals surface area (Å²) in [6, 6.07) is 9.17. The van der Waals surface area contributed by atoms with Crippen molar-refractivity contribution >= 4 is 34.4 Å². The molecule has 0 heterocycles. The van der Waals surface area contributed by atoms with Crippen LogP contribution in [0.2, 0.25) is 5.02 Å². The van der Waals surface area contributed by atoms with Gasteiger partial charge in [0.25, 0.3) is 11.4 Å². The number of hydrogen-bond donors (Lipinski definition) is 1. The number of nitrogens with one attached hydrogen (secondary N) is 1. The fourth-order valence-electron chi connectivity index (χ4n) is 1.83. The fourth-order valence-corrected chi connectivity index (χ4v) is 2.07. The normalized spacial score (nSPS) is 10.1. The molecule has 2 rings (SSSR count). The lowest BCUT2D eigenvalue weighted by atomic mass is 10.1. The van der Waals surface area contributed by atoms with E-state index in [0.717, 1.165) is 0 Å². The van der Waals surface area contributed by atoms with Crippen LogP contribution in [0.3, 0.4) is 0 Å². The van der Waals surface area contributed by atoms with E-state index in [1.165, 1.54) is 42.5 Å². The van der Waals surface area contributed by atoms with Crippen LogP contribution in [0.1, 0.15) is 10.4 Å². The number of nitro groups is 2. The van der Waals surface area contributed by atoms with E-state index in [-0.39, 0.29) is 34.3 Å². The van der Waals surface area contributed by atoms with E-state index in [1.807, 2.05) is 0 Å². The number of nitrogens with zero attached hydrogens (tertiary/aromatic N) is 2. The summed E-state index contributed by atoms with van der Waals surface area (Å²) >= 11 is 5.90. The molecule has 8 nitrogen and oxygen atoms in total. The average molecular weight is 336 g/mol. The number of rotatable bonds is 6. The molecule has 2 aromatic rings. The monoisotopic (exact) mass is 335 g/mol. The van der Waals surface area contributed by atoms with Crippen molar-refractivity contribution in [3.05, 3.63) is 73.3 Å². The summed E-state index contributed by atoms with van der Waals surface area (Å²) in [6.45, 7) is -0.154. The Morgan fingerprint density at radius 1 is 1.04 bits per heavy atom. The van der Waals surface area contributed by atoms with Gasteiger partial charge in [-0.2, -0.15) is 0 Å². The summed E-state index contributed by atoms with van der Waals surface area (Å²) in [5, 5.41) is 24.2. The summed E-state index contributed by atoms with van der Waals surface area (Å²) in [4.78, 5) is 32.2. The number of carbonyl (C=O) groups is 1. The van der Waals surface area contributed by atoms with Crippen LogP contribution >= 0.6 is 11.6 Å².